The highest BCUT2D eigenvalue weighted by Crippen LogP contribution is 2.39. The molecule has 5 saturated heterocycles. The van der Waals surface area contributed by atoms with Crippen LogP contribution >= 0.6 is 0 Å². The molecule has 0 aromatic carbocycles. The van der Waals surface area contributed by atoms with Crippen molar-refractivity contribution in [3.63, 3.8) is 0 Å². The van der Waals surface area contributed by atoms with Gasteiger partial charge in [0.2, 0.25) is 5.91 Å². The van der Waals surface area contributed by atoms with Crippen molar-refractivity contribution in [3.05, 3.63) is 0 Å². The Labute approximate surface area is 172 Å². The zero-order chi connectivity index (χ0) is 20.5. The molecule has 0 aromatic rings. The molecule has 9 nitrogen and oxygen atoms in total. The van der Waals surface area contributed by atoms with Gasteiger partial charge in [-0.3, -0.25) is 20.3 Å². The van der Waals surface area contributed by atoms with Crippen LogP contribution in [0.4, 0.5) is 4.79 Å². The van der Waals surface area contributed by atoms with Gasteiger partial charge in [0.15, 0.2) is 0 Å². The van der Waals surface area contributed by atoms with Crippen molar-refractivity contribution in [3.8, 4) is 0 Å². The van der Waals surface area contributed by atoms with Crippen molar-refractivity contribution >= 4 is 11.9 Å². The number of piperidine rings is 2. The van der Waals surface area contributed by atoms with Crippen molar-refractivity contribution in [1.82, 2.24) is 30.7 Å². The first-order valence-electron chi connectivity index (χ1n) is 11.1. The Bertz CT molecular complexity index is 702. The van der Waals surface area contributed by atoms with Crippen molar-refractivity contribution < 1.29 is 14.3 Å². The third kappa shape index (κ3) is 2.89. The van der Waals surface area contributed by atoms with Crippen LogP contribution in [-0.2, 0) is 9.53 Å². The van der Waals surface area contributed by atoms with E-state index in [-0.39, 0.29) is 54.6 Å². The minimum atomic E-state index is -0.398. The standard InChI is InChI=1S/C20H34N6O3/c1-11-8-10-25-17-12(18(27)24(4)20(25,2)3)5-6-14(22-17)26-15-13(29-11)7-9-21-16(15)23-19(26)28/h11-17,21-22H,5-10H2,1-4H3,(H,23,28)/t11-,12?,13?,14?,15?,16?,17?/m0/s1. The summed E-state index contributed by atoms with van der Waals surface area (Å²) in [5.41, 5.74) is -0.398. The van der Waals surface area contributed by atoms with Gasteiger partial charge in [-0.05, 0) is 53.0 Å². The third-order valence-electron chi connectivity index (χ3n) is 7.87. The van der Waals surface area contributed by atoms with Crippen molar-refractivity contribution in [2.75, 3.05) is 20.1 Å². The van der Waals surface area contributed by atoms with Gasteiger partial charge in [-0.25, -0.2) is 4.79 Å². The number of hydrogen-bond acceptors (Lipinski definition) is 6. The molecule has 9 heteroatoms. The molecule has 0 aromatic heterocycles. The summed E-state index contributed by atoms with van der Waals surface area (Å²) in [7, 11) is 1.91. The number of urea groups is 1. The first kappa shape index (κ1) is 19.5. The Morgan fingerprint density at radius 1 is 1.14 bits per heavy atom. The maximum absolute atomic E-state index is 13.1. The number of ether oxygens (including phenoxy) is 1. The summed E-state index contributed by atoms with van der Waals surface area (Å²) in [6, 6.07) is -0.0785. The fourth-order valence-corrected chi connectivity index (χ4v) is 6.03. The molecular formula is C20H34N6O3. The third-order valence-corrected chi connectivity index (χ3v) is 7.87. The molecule has 7 atom stereocenters. The van der Waals surface area contributed by atoms with E-state index in [2.05, 4.69) is 41.6 Å². The van der Waals surface area contributed by atoms with Crippen LogP contribution in [0.1, 0.15) is 46.5 Å². The number of nitrogens with zero attached hydrogens (tertiary/aromatic N) is 3. The molecule has 6 unspecified atom stereocenters. The SMILES string of the molecule is C[C@H]1CCN2C3NC(CCC3C(=O)N(C)C2(C)C)N2C(=O)NC3NCCC(O1)C32. The largest absolute Gasteiger partial charge is 0.373 e. The summed E-state index contributed by atoms with van der Waals surface area (Å²) in [6.07, 6.45) is 3.20. The molecule has 5 rings (SSSR count). The number of carbonyl (C=O) groups is 2. The van der Waals surface area contributed by atoms with Gasteiger partial charge in [0.05, 0.1) is 42.2 Å². The van der Waals surface area contributed by atoms with Gasteiger partial charge >= 0.3 is 6.03 Å². The molecule has 2 bridgehead atoms. The topological polar surface area (TPSA) is 89.2 Å². The van der Waals surface area contributed by atoms with E-state index in [1.807, 2.05) is 16.8 Å². The van der Waals surface area contributed by atoms with E-state index in [0.717, 1.165) is 38.8 Å². The predicted octanol–water partition coefficient (Wildman–Crippen LogP) is 0.0389. The van der Waals surface area contributed by atoms with Crippen LogP contribution in [0.5, 0.6) is 0 Å². The number of rotatable bonds is 0. The van der Waals surface area contributed by atoms with Crippen molar-refractivity contribution in [2.45, 2.75) is 88.9 Å². The minimum Gasteiger partial charge on any atom is -0.373 e. The Kier molecular flexibility index (Phi) is 4.58. The van der Waals surface area contributed by atoms with Gasteiger partial charge in [0.25, 0.3) is 0 Å². The highest BCUT2D eigenvalue weighted by Gasteiger charge is 2.56. The summed E-state index contributed by atoms with van der Waals surface area (Å²) in [5.74, 6) is 0.116. The van der Waals surface area contributed by atoms with Gasteiger partial charge in [-0.2, -0.15) is 0 Å². The first-order chi connectivity index (χ1) is 13.8. The fourth-order valence-electron chi connectivity index (χ4n) is 6.03. The molecule has 0 radical (unpaired) electrons. The van der Waals surface area contributed by atoms with Gasteiger partial charge in [-0.1, -0.05) is 0 Å². The molecule has 0 saturated carbocycles. The van der Waals surface area contributed by atoms with E-state index < -0.39 is 5.66 Å². The second kappa shape index (κ2) is 6.80. The van der Waals surface area contributed by atoms with E-state index in [0.29, 0.717) is 0 Å². The molecule has 3 amide bonds. The molecule has 5 heterocycles. The van der Waals surface area contributed by atoms with Crippen LogP contribution in [0.3, 0.4) is 0 Å². The molecule has 5 fully saturated rings. The van der Waals surface area contributed by atoms with Crippen LogP contribution in [0.15, 0.2) is 0 Å². The lowest BCUT2D eigenvalue weighted by Gasteiger charge is -2.58. The molecule has 0 spiro atoms. The smallest absolute Gasteiger partial charge is 0.320 e. The average molecular weight is 407 g/mol. The minimum absolute atomic E-state index is 0.0159. The fraction of sp³-hybridized carbons (Fsp3) is 0.900. The highest BCUT2D eigenvalue weighted by molar-refractivity contribution is 5.81. The number of fused-ring (bicyclic) bond motifs is 2. The monoisotopic (exact) mass is 406 g/mol. The quantitative estimate of drug-likeness (QED) is 0.526. The Morgan fingerprint density at radius 3 is 2.72 bits per heavy atom. The summed E-state index contributed by atoms with van der Waals surface area (Å²) >= 11 is 0. The van der Waals surface area contributed by atoms with E-state index in [9.17, 15) is 9.59 Å². The maximum Gasteiger partial charge on any atom is 0.320 e. The van der Waals surface area contributed by atoms with Gasteiger partial charge in [0, 0.05) is 13.6 Å². The number of hydrogen-bond donors (Lipinski definition) is 3. The lowest BCUT2D eigenvalue weighted by molar-refractivity contribution is -0.178. The van der Waals surface area contributed by atoms with Crippen molar-refractivity contribution in [1.29, 1.82) is 0 Å². The Hall–Kier alpha value is -1.42. The lowest BCUT2D eigenvalue weighted by Crippen LogP contribution is -2.75. The zero-order valence-corrected chi connectivity index (χ0v) is 17.9. The van der Waals surface area contributed by atoms with Crippen LogP contribution in [-0.4, -0.2) is 89.2 Å². The molecule has 0 aliphatic carbocycles. The maximum atomic E-state index is 13.1. The first-order valence-corrected chi connectivity index (χ1v) is 11.1. The van der Waals surface area contributed by atoms with Crippen molar-refractivity contribution in [2.24, 2.45) is 5.92 Å². The van der Waals surface area contributed by atoms with Crippen LogP contribution in [0.2, 0.25) is 0 Å². The highest BCUT2D eigenvalue weighted by atomic mass is 16.5. The molecular weight excluding hydrogens is 372 g/mol. The van der Waals surface area contributed by atoms with Crippen LogP contribution < -0.4 is 16.0 Å². The summed E-state index contributed by atoms with van der Waals surface area (Å²) in [4.78, 5) is 32.3. The molecule has 5 aliphatic heterocycles. The summed E-state index contributed by atoms with van der Waals surface area (Å²) < 4.78 is 6.51. The number of amides is 3. The molecule has 3 N–H and O–H groups in total. The second-order valence-corrected chi connectivity index (χ2v) is 9.74. The van der Waals surface area contributed by atoms with Gasteiger partial charge in [0.1, 0.15) is 6.17 Å². The molecule has 5 aliphatic rings. The van der Waals surface area contributed by atoms with Gasteiger partial charge in [-0.15, -0.1) is 0 Å². The summed E-state index contributed by atoms with van der Waals surface area (Å²) in [6.45, 7) is 8.04. The second-order valence-electron chi connectivity index (χ2n) is 9.74. The predicted molar refractivity (Wildman–Crippen MR) is 107 cm³/mol. The van der Waals surface area contributed by atoms with E-state index in [4.69, 9.17) is 4.74 Å². The van der Waals surface area contributed by atoms with E-state index in [1.165, 1.54) is 0 Å². The normalized spacial score (nSPS) is 44.8. The summed E-state index contributed by atoms with van der Waals surface area (Å²) in [5, 5.41) is 10.3. The van der Waals surface area contributed by atoms with Crippen LogP contribution in [0.25, 0.3) is 0 Å². The van der Waals surface area contributed by atoms with E-state index in [1.54, 1.807) is 0 Å². The van der Waals surface area contributed by atoms with E-state index >= 15 is 0 Å². The lowest BCUT2D eigenvalue weighted by atomic mass is 9.85. The average Bonchev–Trinajstić information content (AvgIpc) is 3.01. The molecule has 162 valence electrons. The van der Waals surface area contributed by atoms with Crippen LogP contribution in [0, 0.1) is 5.92 Å². The Balaban J connectivity index is 1.53. The van der Waals surface area contributed by atoms with Gasteiger partial charge < -0.3 is 19.9 Å². The number of carbonyl (C=O) groups excluding carboxylic acids is 2. The Morgan fingerprint density at radius 2 is 1.93 bits per heavy atom. The zero-order valence-electron chi connectivity index (χ0n) is 17.9. The molecule has 29 heavy (non-hydrogen) atoms. The number of nitrogens with one attached hydrogen (secondary N) is 3.